The molecule has 29 heavy (non-hydrogen) atoms. The van der Waals surface area contributed by atoms with E-state index in [-0.39, 0.29) is 24.0 Å². The number of hydrogen-bond acceptors (Lipinski definition) is 3. The number of fused-ring (bicyclic) bond motifs is 1. The minimum Gasteiger partial charge on any atom is -0.361 e. The van der Waals surface area contributed by atoms with Gasteiger partial charge in [-0.2, -0.15) is 0 Å². The molecule has 1 aromatic carbocycles. The van der Waals surface area contributed by atoms with Gasteiger partial charge in [0.25, 0.3) is 0 Å². The number of pyridine rings is 1. The van der Waals surface area contributed by atoms with Crippen molar-refractivity contribution in [2.75, 3.05) is 44.7 Å². The Morgan fingerprint density at radius 3 is 2.76 bits per heavy atom. The van der Waals surface area contributed by atoms with Gasteiger partial charge in [0, 0.05) is 68.1 Å². The van der Waals surface area contributed by atoms with Gasteiger partial charge in [-0.3, -0.25) is 4.99 Å². The molecule has 154 valence electrons. The summed E-state index contributed by atoms with van der Waals surface area (Å²) in [5.74, 6) is 2.00. The Kier molecular flexibility index (Phi) is 7.60. The quantitative estimate of drug-likeness (QED) is 0.310. The van der Waals surface area contributed by atoms with Gasteiger partial charge in [0.15, 0.2) is 5.96 Å². The lowest BCUT2D eigenvalue weighted by Crippen LogP contribution is -2.53. The molecule has 4 rings (SSSR count). The molecule has 2 aromatic heterocycles. The number of guanidine groups is 1. The van der Waals surface area contributed by atoms with Crippen LogP contribution in [0.1, 0.15) is 5.56 Å². The highest BCUT2D eigenvalue weighted by molar-refractivity contribution is 14.0. The molecule has 8 heteroatoms. The van der Waals surface area contributed by atoms with Crippen LogP contribution in [0.4, 0.5) is 5.82 Å². The highest BCUT2D eigenvalue weighted by atomic mass is 127. The molecule has 1 saturated heterocycles. The van der Waals surface area contributed by atoms with E-state index in [1.807, 2.05) is 43.6 Å². The molecular formula is C21H26ClIN6. The Hall–Kier alpha value is -2.00. The zero-order valence-electron chi connectivity index (χ0n) is 16.4. The lowest BCUT2D eigenvalue weighted by Gasteiger charge is -2.37. The molecule has 2 N–H and O–H groups in total. The lowest BCUT2D eigenvalue weighted by molar-refractivity contribution is 0.372. The summed E-state index contributed by atoms with van der Waals surface area (Å²) in [4.78, 5) is 16.9. The SMILES string of the molecule is CN=C(NCCc1c[nH]c2ccc(Cl)cc12)N1CCN(c2ccccn2)CC1.I. The van der Waals surface area contributed by atoms with E-state index in [1.165, 1.54) is 10.9 Å². The van der Waals surface area contributed by atoms with Gasteiger partial charge >= 0.3 is 0 Å². The summed E-state index contributed by atoms with van der Waals surface area (Å²) in [6.07, 6.45) is 4.82. The third-order valence-corrected chi connectivity index (χ3v) is 5.41. The number of aromatic amines is 1. The van der Waals surface area contributed by atoms with Crippen molar-refractivity contribution in [3.63, 3.8) is 0 Å². The number of anilines is 1. The maximum Gasteiger partial charge on any atom is 0.193 e. The second kappa shape index (κ2) is 10.2. The van der Waals surface area contributed by atoms with Crippen molar-refractivity contribution in [2.45, 2.75) is 6.42 Å². The smallest absolute Gasteiger partial charge is 0.193 e. The maximum absolute atomic E-state index is 6.15. The predicted octanol–water partition coefficient (Wildman–Crippen LogP) is 3.77. The van der Waals surface area contributed by atoms with E-state index in [9.17, 15) is 0 Å². The highest BCUT2D eigenvalue weighted by Crippen LogP contribution is 2.22. The van der Waals surface area contributed by atoms with Crippen LogP contribution in [-0.4, -0.2) is 60.6 Å². The summed E-state index contributed by atoms with van der Waals surface area (Å²) >= 11 is 6.15. The fourth-order valence-electron chi connectivity index (χ4n) is 3.69. The minimum absolute atomic E-state index is 0. The van der Waals surface area contributed by atoms with Crippen LogP contribution in [0, 0.1) is 0 Å². The molecule has 1 aliphatic heterocycles. The third-order valence-electron chi connectivity index (χ3n) is 5.17. The summed E-state index contributed by atoms with van der Waals surface area (Å²) in [7, 11) is 1.85. The first-order chi connectivity index (χ1) is 13.7. The van der Waals surface area contributed by atoms with Gasteiger partial charge in [-0.15, -0.1) is 24.0 Å². The molecule has 0 spiro atoms. The number of piperazine rings is 1. The van der Waals surface area contributed by atoms with Crippen LogP contribution in [-0.2, 0) is 6.42 Å². The molecule has 1 fully saturated rings. The van der Waals surface area contributed by atoms with Gasteiger partial charge in [-0.05, 0) is 42.3 Å². The van der Waals surface area contributed by atoms with Crippen molar-refractivity contribution < 1.29 is 0 Å². The topological polar surface area (TPSA) is 59.6 Å². The predicted molar refractivity (Wildman–Crippen MR) is 132 cm³/mol. The Morgan fingerprint density at radius 1 is 1.21 bits per heavy atom. The first-order valence-corrected chi connectivity index (χ1v) is 9.99. The van der Waals surface area contributed by atoms with E-state index < -0.39 is 0 Å². The van der Waals surface area contributed by atoms with Gasteiger partial charge < -0.3 is 20.1 Å². The van der Waals surface area contributed by atoms with Crippen LogP contribution < -0.4 is 10.2 Å². The van der Waals surface area contributed by atoms with Gasteiger partial charge in [0.1, 0.15) is 5.82 Å². The summed E-state index contributed by atoms with van der Waals surface area (Å²) in [5.41, 5.74) is 2.38. The molecule has 6 nitrogen and oxygen atoms in total. The molecule has 1 aliphatic rings. The molecule has 0 bridgehead atoms. The summed E-state index contributed by atoms with van der Waals surface area (Å²) in [5, 5.41) is 5.46. The van der Waals surface area contributed by atoms with Crippen LogP contribution in [0.15, 0.2) is 53.8 Å². The lowest BCUT2D eigenvalue weighted by atomic mass is 10.1. The fraction of sp³-hybridized carbons (Fsp3) is 0.333. The monoisotopic (exact) mass is 524 g/mol. The average molecular weight is 525 g/mol. The number of halogens is 2. The summed E-state index contributed by atoms with van der Waals surface area (Å²) < 4.78 is 0. The van der Waals surface area contributed by atoms with E-state index in [0.717, 1.165) is 61.5 Å². The largest absolute Gasteiger partial charge is 0.361 e. The molecule has 3 aromatic rings. The number of nitrogens with one attached hydrogen (secondary N) is 2. The van der Waals surface area contributed by atoms with Crippen LogP contribution in [0.2, 0.25) is 5.02 Å². The number of aromatic nitrogens is 2. The van der Waals surface area contributed by atoms with Crippen LogP contribution in [0.3, 0.4) is 0 Å². The van der Waals surface area contributed by atoms with Crippen molar-refractivity contribution >= 4 is 58.3 Å². The molecular weight excluding hydrogens is 499 g/mol. The van der Waals surface area contributed by atoms with Crippen LogP contribution in [0.25, 0.3) is 10.9 Å². The Balaban J connectivity index is 0.00000240. The number of nitrogens with zero attached hydrogens (tertiary/aromatic N) is 4. The molecule has 0 atom stereocenters. The summed E-state index contributed by atoms with van der Waals surface area (Å²) in [6.45, 7) is 4.57. The van der Waals surface area contributed by atoms with Crippen LogP contribution in [0.5, 0.6) is 0 Å². The molecule has 3 heterocycles. The van der Waals surface area contributed by atoms with Gasteiger partial charge in [0.05, 0.1) is 0 Å². The number of aliphatic imine (C=N–C) groups is 1. The Bertz CT molecular complexity index is 950. The van der Waals surface area contributed by atoms with Crippen molar-refractivity contribution in [3.8, 4) is 0 Å². The van der Waals surface area contributed by atoms with Gasteiger partial charge in [-0.25, -0.2) is 4.98 Å². The van der Waals surface area contributed by atoms with Crippen molar-refractivity contribution in [3.05, 3.63) is 59.4 Å². The van der Waals surface area contributed by atoms with E-state index in [4.69, 9.17) is 11.6 Å². The number of hydrogen-bond donors (Lipinski definition) is 2. The standard InChI is InChI=1S/C21H25ClN6.HI/c1-23-21(28-12-10-27(11-13-28)20-4-2-3-8-24-20)25-9-7-16-15-26-19-6-5-17(22)14-18(16)19;/h2-6,8,14-15,26H,7,9-13H2,1H3,(H,23,25);1H. The second-order valence-corrected chi connectivity index (χ2v) is 7.33. The normalized spacial score (nSPS) is 14.8. The Morgan fingerprint density at radius 2 is 2.03 bits per heavy atom. The molecule has 0 unspecified atom stereocenters. The van der Waals surface area contributed by atoms with E-state index in [1.54, 1.807) is 0 Å². The third kappa shape index (κ3) is 5.14. The van der Waals surface area contributed by atoms with Gasteiger partial charge in [-0.1, -0.05) is 17.7 Å². The zero-order chi connectivity index (χ0) is 19.3. The summed E-state index contributed by atoms with van der Waals surface area (Å²) in [6, 6.07) is 12.0. The highest BCUT2D eigenvalue weighted by Gasteiger charge is 2.20. The number of rotatable bonds is 4. The first-order valence-electron chi connectivity index (χ1n) is 9.61. The maximum atomic E-state index is 6.15. The van der Waals surface area contributed by atoms with Crippen molar-refractivity contribution in [1.82, 2.24) is 20.2 Å². The average Bonchev–Trinajstić information content (AvgIpc) is 3.14. The zero-order valence-corrected chi connectivity index (χ0v) is 19.5. The second-order valence-electron chi connectivity index (χ2n) is 6.89. The minimum atomic E-state index is 0. The van der Waals surface area contributed by atoms with E-state index in [2.05, 4.69) is 42.3 Å². The molecule has 0 radical (unpaired) electrons. The van der Waals surface area contributed by atoms with E-state index >= 15 is 0 Å². The van der Waals surface area contributed by atoms with Crippen molar-refractivity contribution in [1.29, 1.82) is 0 Å². The Labute approximate surface area is 193 Å². The van der Waals surface area contributed by atoms with Crippen LogP contribution >= 0.6 is 35.6 Å². The van der Waals surface area contributed by atoms with E-state index in [0.29, 0.717) is 0 Å². The van der Waals surface area contributed by atoms with Gasteiger partial charge in [0.2, 0.25) is 0 Å². The molecule has 0 aliphatic carbocycles. The molecule has 0 saturated carbocycles. The van der Waals surface area contributed by atoms with Crippen molar-refractivity contribution in [2.24, 2.45) is 4.99 Å². The number of H-pyrrole nitrogens is 1. The fourth-order valence-corrected chi connectivity index (χ4v) is 3.86. The molecule has 0 amide bonds. The number of benzene rings is 1. The first kappa shape index (κ1) is 21.7.